The van der Waals surface area contributed by atoms with Gasteiger partial charge in [0, 0.05) is 30.8 Å². The highest BCUT2D eigenvalue weighted by Gasteiger charge is 2.36. The molecule has 0 saturated heterocycles. The second-order valence-corrected chi connectivity index (χ2v) is 7.49. The maximum absolute atomic E-state index is 4.98. The quantitative estimate of drug-likeness (QED) is 0.513. The minimum absolute atomic E-state index is 0.0891. The first-order valence-electron chi connectivity index (χ1n) is 9.97. The van der Waals surface area contributed by atoms with Crippen LogP contribution in [0.3, 0.4) is 0 Å². The van der Waals surface area contributed by atoms with Gasteiger partial charge < -0.3 is 4.90 Å². The van der Waals surface area contributed by atoms with Crippen LogP contribution in [0.2, 0.25) is 0 Å². The molecule has 5 rings (SSSR count). The smallest absolute Gasteiger partial charge is 0.237 e. The highest BCUT2D eigenvalue weighted by Crippen LogP contribution is 2.40. The molecule has 4 aromatic rings. The third-order valence-corrected chi connectivity index (χ3v) is 5.32. The fourth-order valence-electron chi connectivity index (χ4n) is 4.06. The van der Waals surface area contributed by atoms with Crippen LogP contribution >= 0.6 is 0 Å². The molecule has 0 saturated carbocycles. The lowest BCUT2D eigenvalue weighted by Gasteiger charge is -2.39. The van der Waals surface area contributed by atoms with Gasteiger partial charge in [0.25, 0.3) is 0 Å². The van der Waals surface area contributed by atoms with Gasteiger partial charge in [-0.25, -0.2) is 19.9 Å². The number of hydrogen-bond acceptors (Lipinski definition) is 8. The Morgan fingerprint density at radius 2 is 1.87 bits per heavy atom. The average molecular weight is 402 g/mol. The lowest BCUT2D eigenvalue weighted by molar-refractivity contribution is 0.496. The molecule has 0 bridgehead atoms. The summed E-state index contributed by atoms with van der Waals surface area (Å²) in [5.41, 5.74) is 1.69. The number of fused-ring (bicyclic) bond motifs is 3. The van der Waals surface area contributed by atoms with E-state index < -0.39 is 0 Å². The summed E-state index contributed by atoms with van der Waals surface area (Å²) in [5, 5.41) is 8.77. The molecule has 4 aromatic heterocycles. The molecule has 0 aromatic carbocycles. The molecule has 1 aliphatic rings. The molecule has 10 nitrogen and oxygen atoms in total. The highest BCUT2D eigenvalue weighted by molar-refractivity contribution is 5.64. The molecule has 0 fully saturated rings. The Hall–Kier alpha value is -3.69. The van der Waals surface area contributed by atoms with Crippen molar-refractivity contribution >= 4 is 5.82 Å². The van der Waals surface area contributed by atoms with Gasteiger partial charge in [0.15, 0.2) is 11.6 Å². The fraction of sp³-hybridized carbons (Fsp3) is 0.350. The summed E-state index contributed by atoms with van der Waals surface area (Å²) in [6.45, 7) is 8.44. The Bertz CT molecular complexity index is 1190. The lowest BCUT2D eigenvalue weighted by atomic mass is 10.1. The van der Waals surface area contributed by atoms with Crippen molar-refractivity contribution in [3.8, 4) is 23.0 Å². The van der Waals surface area contributed by atoms with Gasteiger partial charge >= 0.3 is 0 Å². The van der Waals surface area contributed by atoms with Crippen LogP contribution in [0.4, 0.5) is 5.82 Å². The van der Waals surface area contributed by atoms with Crippen LogP contribution in [0.15, 0.2) is 37.3 Å². The van der Waals surface area contributed by atoms with Crippen molar-refractivity contribution < 1.29 is 0 Å². The molecule has 5 heterocycles. The van der Waals surface area contributed by atoms with Crippen LogP contribution in [-0.2, 0) is 0 Å². The molecule has 152 valence electrons. The van der Waals surface area contributed by atoms with E-state index in [-0.39, 0.29) is 12.1 Å². The third kappa shape index (κ3) is 2.67. The van der Waals surface area contributed by atoms with Gasteiger partial charge in [-0.3, -0.25) is 9.13 Å². The maximum Gasteiger partial charge on any atom is 0.237 e. The Balaban J connectivity index is 1.70. The molecular weight excluding hydrogens is 380 g/mol. The minimum Gasteiger partial charge on any atom is -0.342 e. The molecule has 0 radical (unpaired) electrons. The summed E-state index contributed by atoms with van der Waals surface area (Å²) in [4.78, 5) is 24.6. The zero-order chi connectivity index (χ0) is 20.8. The van der Waals surface area contributed by atoms with Crippen molar-refractivity contribution in [3.05, 3.63) is 49.0 Å². The zero-order valence-corrected chi connectivity index (χ0v) is 17.3. The Morgan fingerprint density at radius 1 is 1.07 bits per heavy atom. The molecule has 0 spiro atoms. The van der Waals surface area contributed by atoms with Crippen molar-refractivity contribution in [1.29, 1.82) is 0 Å². The van der Waals surface area contributed by atoms with E-state index in [1.807, 2.05) is 23.9 Å². The molecule has 0 N–H and O–H groups in total. The van der Waals surface area contributed by atoms with Crippen LogP contribution in [0.5, 0.6) is 0 Å². The summed E-state index contributed by atoms with van der Waals surface area (Å²) in [5.74, 6) is 3.85. The Kier molecular flexibility index (Phi) is 4.27. The van der Waals surface area contributed by atoms with E-state index in [0.29, 0.717) is 11.8 Å². The summed E-state index contributed by atoms with van der Waals surface area (Å²) >= 11 is 0. The van der Waals surface area contributed by atoms with Gasteiger partial charge in [-0.15, -0.1) is 10.2 Å². The first-order chi connectivity index (χ1) is 14.6. The molecule has 1 aliphatic heterocycles. The SMILES string of the molecule is CCC1c2nnc(C)n2-c2cnc(-n3ccnc3-c3cncnc3)nc2N1C(C)C. The van der Waals surface area contributed by atoms with Crippen LogP contribution in [0, 0.1) is 6.92 Å². The van der Waals surface area contributed by atoms with Gasteiger partial charge in [0.1, 0.15) is 23.7 Å². The number of aryl methyl sites for hydroxylation is 1. The van der Waals surface area contributed by atoms with Gasteiger partial charge in [-0.2, -0.15) is 4.98 Å². The second-order valence-electron chi connectivity index (χ2n) is 7.49. The Morgan fingerprint density at radius 3 is 2.60 bits per heavy atom. The van der Waals surface area contributed by atoms with Crippen molar-refractivity contribution in [2.24, 2.45) is 0 Å². The number of rotatable bonds is 4. The van der Waals surface area contributed by atoms with E-state index in [9.17, 15) is 0 Å². The van der Waals surface area contributed by atoms with E-state index in [2.05, 4.69) is 60.4 Å². The van der Waals surface area contributed by atoms with Gasteiger partial charge in [0.05, 0.1) is 17.8 Å². The molecule has 0 aliphatic carbocycles. The predicted octanol–water partition coefficient (Wildman–Crippen LogP) is 2.69. The summed E-state index contributed by atoms with van der Waals surface area (Å²) in [6, 6.07) is 0.318. The molecule has 0 amide bonds. The molecule has 1 unspecified atom stereocenters. The molecule has 10 heteroatoms. The summed E-state index contributed by atoms with van der Waals surface area (Å²) in [7, 11) is 0. The fourth-order valence-corrected chi connectivity index (χ4v) is 4.06. The average Bonchev–Trinajstić information content (AvgIpc) is 3.40. The predicted molar refractivity (Wildman–Crippen MR) is 110 cm³/mol. The standard InChI is InChI=1S/C20H22N10/c1-5-15-19-27-26-13(4)30(19)16-10-24-20(25-18(16)29(15)12(2)3)28-7-6-23-17(28)14-8-21-11-22-9-14/h6-12,15H,5H2,1-4H3. The first-order valence-corrected chi connectivity index (χ1v) is 9.97. The van der Waals surface area contributed by atoms with E-state index in [0.717, 1.165) is 35.1 Å². The van der Waals surface area contributed by atoms with E-state index in [1.54, 1.807) is 18.6 Å². The van der Waals surface area contributed by atoms with E-state index >= 15 is 0 Å². The maximum atomic E-state index is 4.98. The number of aromatic nitrogens is 9. The first kappa shape index (κ1) is 18.3. The van der Waals surface area contributed by atoms with Gasteiger partial charge in [-0.05, 0) is 27.2 Å². The van der Waals surface area contributed by atoms with Crippen LogP contribution in [0.1, 0.15) is 44.9 Å². The van der Waals surface area contributed by atoms with Gasteiger partial charge in [-0.1, -0.05) is 6.92 Å². The van der Waals surface area contributed by atoms with Crippen LogP contribution in [0.25, 0.3) is 23.0 Å². The highest BCUT2D eigenvalue weighted by atomic mass is 15.4. The largest absolute Gasteiger partial charge is 0.342 e. The summed E-state index contributed by atoms with van der Waals surface area (Å²) in [6.07, 6.45) is 11.3. The molecule has 1 atom stereocenters. The lowest BCUT2D eigenvalue weighted by Crippen LogP contribution is -2.40. The molecular formula is C20H22N10. The second kappa shape index (κ2) is 6.97. The monoisotopic (exact) mass is 402 g/mol. The van der Waals surface area contributed by atoms with Crippen molar-refractivity contribution in [2.75, 3.05) is 4.90 Å². The van der Waals surface area contributed by atoms with E-state index in [1.165, 1.54) is 6.33 Å². The van der Waals surface area contributed by atoms with Crippen LogP contribution in [-0.4, -0.2) is 50.3 Å². The number of anilines is 1. The minimum atomic E-state index is 0.0891. The third-order valence-electron chi connectivity index (χ3n) is 5.32. The number of hydrogen-bond donors (Lipinski definition) is 0. The van der Waals surface area contributed by atoms with Crippen LogP contribution < -0.4 is 4.90 Å². The van der Waals surface area contributed by atoms with Crippen molar-refractivity contribution in [3.63, 3.8) is 0 Å². The topological polar surface area (TPSA) is 103 Å². The number of nitrogens with zero attached hydrogens (tertiary/aromatic N) is 10. The van der Waals surface area contributed by atoms with Crippen molar-refractivity contribution in [2.45, 2.75) is 46.2 Å². The Labute approximate surface area is 173 Å². The normalized spacial score (nSPS) is 15.4. The van der Waals surface area contributed by atoms with E-state index in [4.69, 9.17) is 4.98 Å². The van der Waals surface area contributed by atoms with Gasteiger partial charge in [0.2, 0.25) is 5.95 Å². The summed E-state index contributed by atoms with van der Waals surface area (Å²) < 4.78 is 3.92. The zero-order valence-electron chi connectivity index (χ0n) is 17.3. The van der Waals surface area contributed by atoms with Crippen molar-refractivity contribution in [1.82, 2.24) is 44.3 Å². The molecule has 30 heavy (non-hydrogen) atoms. The number of imidazole rings is 1.